The van der Waals surface area contributed by atoms with Crippen molar-refractivity contribution in [2.45, 2.75) is 50.9 Å². The van der Waals surface area contributed by atoms with Gasteiger partial charge in [-0.15, -0.1) is 0 Å². The second-order valence-electron chi connectivity index (χ2n) is 4.64. The van der Waals surface area contributed by atoms with E-state index in [1.54, 1.807) is 0 Å². The normalized spacial score (nSPS) is 41.1. The minimum atomic E-state index is -0.0373. The van der Waals surface area contributed by atoms with Crippen LogP contribution in [-0.4, -0.2) is 48.0 Å². The molecule has 1 N–H and O–H groups in total. The Balaban J connectivity index is 1.82. The van der Waals surface area contributed by atoms with Crippen molar-refractivity contribution in [2.75, 3.05) is 19.7 Å². The highest BCUT2D eigenvalue weighted by molar-refractivity contribution is 4.81. The molecule has 14 heavy (non-hydrogen) atoms. The zero-order valence-corrected chi connectivity index (χ0v) is 8.98. The van der Waals surface area contributed by atoms with Crippen LogP contribution < -0.4 is 0 Å². The molecule has 2 aliphatic rings. The number of aliphatic hydroxyl groups is 1. The molecule has 1 saturated heterocycles. The zero-order chi connectivity index (χ0) is 9.97. The van der Waals surface area contributed by atoms with E-state index in [-0.39, 0.29) is 6.10 Å². The van der Waals surface area contributed by atoms with Crippen LogP contribution in [0.25, 0.3) is 0 Å². The molecule has 0 aromatic rings. The Morgan fingerprint density at radius 1 is 1.21 bits per heavy atom. The summed E-state index contributed by atoms with van der Waals surface area (Å²) < 4.78 is 5.53. The summed E-state index contributed by atoms with van der Waals surface area (Å²) in [6.45, 7) is 5.16. The Kier molecular flexibility index (Phi) is 3.42. The lowest BCUT2D eigenvalue weighted by Crippen LogP contribution is -2.48. The lowest BCUT2D eigenvalue weighted by Gasteiger charge is -2.39. The molecule has 1 aliphatic carbocycles. The lowest BCUT2D eigenvalue weighted by molar-refractivity contribution is -0.0453. The van der Waals surface area contributed by atoms with Gasteiger partial charge in [0, 0.05) is 19.1 Å². The van der Waals surface area contributed by atoms with Gasteiger partial charge >= 0.3 is 0 Å². The summed E-state index contributed by atoms with van der Waals surface area (Å²) in [6.07, 6.45) is 4.63. The van der Waals surface area contributed by atoms with Gasteiger partial charge in [0.1, 0.15) is 0 Å². The molecular weight excluding hydrogens is 178 g/mol. The van der Waals surface area contributed by atoms with Crippen molar-refractivity contribution in [2.24, 2.45) is 0 Å². The molecule has 0 aromatic carbocycles. The fourth-order valence-electron chi connectivity index (χ4n) is 2.60. The molecule has 2 rings (SSSR count). The minimum absolute atomic E-state index is 0.0373. The van der Waals surface area contributed by atoms with E-state index in [0.717, 1.165) is 45.4 Å². The van der Waals surface area contributed by atoms with Gasteiger partial charge in [-0.2, -0.15) is 0 Å². The molecule has 0 spiro atoms. The predicted molar refractivity (Wildman–Crippen MR) is 55.2 cm³/mol. The first-order chi connectivity index (χ1) is 6.75. The average molecular weight is 199 g/mol. The van der Waals surface area contributed by atoms with Crippen LogP contribution in [0.15, 0.2) is 0 Å². The SMILES string of the molecule is CC1CN(C2CCC(O)CC2)CCO1. The molecule has 1 heterocycles. The van der Waals surface area contributed by atoms with E-state index >= 15 is 0 Å². The van der Waals surface area contributed by atoms with Gasteiger partial charge in [-0.3, -0.25) is 4.90 Å². The number of rotatable bonds is 1. The lowest BCUT2D eigenvalue weighted by atomic mass is 9.91. The summed E-state index contributed by atoms with van der Waals surface area (Å²) in [5.41, 5.74) is 0. The van der Waals surface area contributed by atoms with Crippen molar-refractivity contribution in [1.82, 2.24) is 4.90 Å². The van der Waals surface area contributed by atoms with E-state index in [2.05, 4.69) is 11.8 Å². The quantitative estimate of drug-likeness (QED) is 0.684. The maximum atomic E-state index is 9.43. The standard InChI is InChI=1S/C11H21NO2/c1-9-8-12(6-7-14-9)10-2-4-11(13)5-3-10/h9-11,13H,2-8H2,1H3. The highest BCUT2D eigenvalue weighted by atomic mass is 16.5. The molecular formula is C11H21NO2. The molecule has 3 nitrogen and oxygen atoms in total. The zero-order valence-electron chi connectivity index (χ0n) is 8.98. The van der Waals surface area contributed by atoms with Gasteiger partial charge in [-0.1, -0.05) is 0 Å². The number of aliphatic hydroxyl groups excluding tert-OH is 1. The Labute approximate surface area is 86.0 Å². The number of hydrogen-bond acceptors (Lipinski definition) is 3. The van der Waals surface area contributed by atoms with Crippen LogP contribution >= 0.6 is 0 Å². The maximum Gasteiger partial charge on any atom is 0.0674 e. The fraction of sp³-hybridized carbons (Fsp3) is 1.00. The topological polar surface area (TPSA) is 32.7 Å². The minimum Gasteiger partial charge on any atom is -0.393 e. The van der Waals surface area contributed by atoms with Gasteiger partial charge in [0.25, 0.3) is 0 Å². The van der Waals surface area contributed by atoms with Crippen LogP contribution in [0.2, 0.25) is 0 Å². The van der Waals surface area contributed by atoms with Crippen molar-refractivity contribution in [3.63, 3.8) is 0 Å². The van der Waals surface area contributed by atoms with Crippen molar-refractivity contribution in [3.8, 4) is 0 Å². The largest absolute Gasteiger partial charge is 0.393 e. The first kappa shape index (κ1) is 10.4. The van der Waals surface area contributed by atoms with Crippen LogP contribution in [0.5, 0.6) is 0 Å². The van der Waals surface area contributed by atoms with Crippen LogP contribution in [0, 0.1) is 0 Å². The van der Waals surface area contributed by atoms with Gasteiger partial charge in [0.2, 0.25) is 0 Å². The third-order valence-corrected chi connectivity index (χ3v) is 3.46. The fourth-order valence-corrected chi connectivity index (χ4v) is 2.60. The smallest absolute Gasteiger partial charge is 0.0674 e. The van der Waals surface area contributed by atoms with Gasteiger partial charge in [-0.05, 0) is 32.6 Å². The molecule has 82 valence electrons. The highest BCUT2D eigenvalue weighted by Gasteiger charge is 2.27. The van der Waals surface area contributed by atoms with E-state index in [1.807, 2.05) is 0 Å². The van der Waals surface area contributed by atoms with E-state index in [9.17, 15) is 5.11 Å². The Hall–Kier alpha value is -0.120. The first-order valence-electron chi connectivity index (χ1n) is 5.79. The highest BCUT2D eigenvalue weighted by Crippen LogP contribution is 2.24. The third kappa shape index (κ3) is 2.47. The Morgan fingerprint density at radius 3 is 2.57 bits per heavy atom. The van der Waals surface area contributed by atoms with Gasteiger partial charge in [-0.25, -0.2) is 0 Å². The molecule has 1 aliphatic heterocycles. The van der Waals surface area contributed by atoms with E-state index in [1.165, 1.54) is 0 Å². The van der Waals surface area contributed by atoms with Crippen LogP contribution in [0.4, 0.5) is 0 Å². The molecule has 3 heteroatoms. The van der Waals surface area contributed by atoms with Crippen LogP contribution in [0.1, 0.15) is 32.6 Å². The van der Waals surface area contributed by atoms with Gasteiger partial charge in [0.15, 0.2) is 0 Å². The summed E-state index contributed by atoms with van der Waals surface area (Å²) in [5, 5.41) is 9.43. The van der Waals surface area contributed by atoms with Crippen LogP contribution in [0.3, 0.4) is 0 Å². The summed E-state index contributed by atoms with van der Waals surface area (Å²) in [4.78, 5) is 2.54. The number of ether oxygens (including phenoxy) is 1. The van der Waals surface area contributed by atoms with E-state index in [4.69, 9.17) is 4.74 Å². The molecule has 1 saturated carbocycles. The summed E-state index contributed by atoms with van der Waals surface area (Å²) >= 11 is 0. The number of morpholine rings is 1. The second-order valence-corrected chi connectivity index (χ2v) is 4.64. The first-order valence-corrected chi connectivity index (χ1v) is 5.79. The summed E-state index contributed by atoms with van der Waals surface area (Å²) in [7, 11) is 0. The Morgan fingerprint density at radius 2 is 1.93 bits per heavy atom. The molecule has 0 amide bonds. The van der Waals surface area contributed by atoms with Gasteiger partial charge < -0.3 is 9.84 Å². The van der Waals surface area contributed by atoms with E-state index < -0.39 is 0 Å². The molecule has 0 bridgehead atoms. The van der Waals surface area contributed by atoms with Crippen molar-refractivity contribution in [1.29, 1.82) is 0 Å². The maximum absolute atomic E-state index is 9.43. The number of hydrogen-bond donors (Lipinski definition) is 1. The molecule has 1 atom stereocenters. The van der Waals surface area contributed by atoms with E-state index in [0.29, 0.717) is 12.1 Å². The predicted octanol–water partition coefficient (Wildman–Crippen LogP) is 1.01. The summed E-state index contributed by atoms with van der Waals surface area (Å²) in [6, 6.07) is 0.699. The molecule has 0 radical (unpaired) electrons. The second kappa shape index (κ2) is 4.60. The molecule has 1 unspecified atom stereocenters. The molecule has 2 fully saturated rings. The monoisotopic (exact) mass is 199 g/mol. The van der Waals surface area contributed by atoms with Crippen molar-refractivity contribution in [3.05, 3.63) is 0 Å². The Bertz CT molecular complexity index is 178. The van der Waals surface area contributed by atoms with Crippen molar-refractivity contribution < 1.29 is 9.84 Å². The van der Waals surface area contributed by atoms with Gasteiger partial charge in [0.05, 0.1) is 18.8 Å². The average Bonchev–Trinajstić information content (AvgIpc) is 2.19. The number of nitrogens with zero attached hydrogens (tertiary/aromatic N) is 1. The van der Waals surface area contributed by atoms with Crippen molar-refractivity contribution >= 4 is 0 Å². The summed E-state index contributed by atoms with van der Waals surface area (Å²) in [5.74, 6) is 0. The van der Waals surface area contributed by atoms with Crippen LogP contribution in [-0.2, 0) is 4.74 Å². The third-order valence-electron chi connectivity index (χ3n) is 3.46. The molecule has 0 aromatic heterocycles.